The van der Waals surface area contributed by atoms with Crippen molar-refractivity contribution < 1.29 is 0 Å². The van der Waals surface area contributed by atoms with E-state index in [0.29, 0.717) is 11.5 Å². The van der Waals surface area contributed by atoms with E-state index in [1.165, 1.54) is 24.8 Å². The molecule has 122 valence electrons. The van der Waals surface area contributed by atoms with Gasteiger partial charge >= 0.3 is 0 Å². The summed E-state index contributed by atoms with van der Waals surface area (Å²) in [6.07, 6.45) is 7.20. The molecule has 0 amide bonds. The van der Waals surface area contributed by atoms with Crippen LogP contribution in [0.3, 0.4) is 0 Å². The molecule has 2 aromatic rings. The largest absolute Gasteiger partial charge is 0.351 e. The van der Waals surface area contributed by atoms with Gasteiger partial charge in [0.25, 0.3) is 0 Å². The van der Waals surface area contributed by atoms with Gasteiger partial charge in [-0.3, -0.25) is 4.90 Å². The molecule has 4 rings (SSSR count). The Bertz CT molecular complexity index is 746. The van der Waals surface area contributed by atoms with E-state index < -0.39 is 0 Å². The SMILES string of the molecule is N#Cc1cccc(CN2CCC3(CC(Nc4ncccn4)C3)C2)c1. The van der Waals surface area contributed by atoms with Gasteiger partial charge in [-0.1, -0.05) is 12.1 Å². The fraction of sp³-hybridized carbons (Fsp3) is 0.421. The number of hydrogen-bond acceptors (Lipinski definition) is 5. The first-order valence-corrected chi connectivity index (χ1v) is 8.50. The Morgan fingerprint density at radius 2 is 2.08 bits per heavy atom. The highest BCUT2D eigenvalue weighted by molar-refractivity contribution is 5.33. The lowest BCUT2D eigenvalue weighted by Crippen LogP contribution is -2.47. The van der Waals surface area contributed by atoms with Gasteiger partial charge in [0.15, 0.2) is 0 Å². The molecule has 2 aliphatic rings. The maximum absolute atomic E-state index is 9.02. The van der Waals surface area contributed by atoms with Gasteiger partial charge in [0.2, 0.25) is 5.95 Å². The lowest BCUT2D eigenvalue weighted by atomic mass is 9.65. The van der Waals surface area contributed by atoms with Crippen LogP contribution in [0.25, 0.3) is 0 Å². The van der Waals surface area contributed by atoms with Crippen LogP contribution >= 0.6 is 0 Å². The molecule has 1 saturated heterocycles. The van der Waals surface area contributed by atoms with Gasteiger partial charge in [0.05, 0.1) is 11.6 Å². The predicted octanol–water partition coefficient (Wildman–Crippen LogP) is 2.81. The number of hydrogen-bond donors (Lipinski definition) is 1. The Hall–Kier alpha value is -2.45. The van der Waals surface area contributed by atoms with Crippen molar-refractivity contribution >= 4 is 5.95 Å². The highest BCUT2D eigenvalue weighted by atomic mass is 15.2. The van der Waals surface area contributed by atoms with Crippen molar-refractivity contribution in [3.8, 4) is 6.07 Å². The van der Waals surface area contributed by atoms with E-state index in [9.17, 15) is 0 Å². The number of benzene rings is 1. The van der Waals surface area contributed by atoms with Crippen LogP contribution in [-0.4, -0.2) is 34.0 Å². The van der Waals surface area contributed by atoms with Crippen molar-refractivity contribution in [3.63, 3.8) is 0 Å². The van der Waals surface area contributed by atoms with Gasteiger partial charge in [-0.15, -0.1) is 0 Å². The summed E-state index contributed by atoms with van der Waals surface area (Å²) in [6, 6.07) is 12.5. The molecule has 1 spiro atoms. The van der Waals surface area contributed by atoms with Crippen LogP contribution in [0.4, 0.5) is 5.95 Å². The fourth-order valence-corrected chi connectivity index (χ4v) is 4.14. The van der Waals surface area contributed by atoms with Crippen molar-refractivity contribution in [2.24, 2.45) is 5.41 Å². The second kappa shape index (κ2) is 6.21. The van der Waals surface area contributed by atoms with Crippen molar-refractivity contribution in [2.45, 2.75) is 31.8 Å². The third-order valence-corrected chi connectivity index (χ3v) is 5.24. The maximum Gasteiger partial charge on any atom is 0.222 e. The summed E-state index contributed by atoms with van der Waals surface area (Å²) in [7, 11) is 0. The molecule has 1 aliphatic carbocycles. The summed E-state index contributed by atoms with van der Waals surface area (Å²) in [6.45, 7) is 3.24. The molecule has 2 heterocycles. The average Bonchev–Trinajstić information content (AvgIpc) is 2.99. The molecule has 1 N–H and O–H groups in total. The summed E-state index contributed by atoms with van der Waals surface area (Å²) in [4.78, 5) is 11.0. The topological polar surface area (TPSA) is 64.8 Å². The van der Waals surface area contributed by atoms with E-state index in [2.05, 4.69) is 32.3 Å². The number of nitrogens with zero attached hydrogens (tertiary/aromatic N) is 4. The average molecular weight is 319 g/mol. The molecule has 1 aromatic heterocycles. The molecule has 0 radical (unpaired) electrons. The summed E-state index contributed by atoms with van der Waals surface area (Å²) in [5.74, 6) is 0.737. The quantitative estimate of drug-likeness (QED) is 0.939. The van der Waals surface area contributed by atoms with Gasteiger partial charge in [-0.05, 0) is 55.0 Å². The minimum Gasteiger partial charge on any atom is -0.351 e. The van der Waals surface area contributed by atoms with Gasteiger partial charge in [0, 0.05) is 31.5 Å². The second-order valence-electron chi connectivity index (χ2n) is 7.09. The second-order valence-corrected chi connectivity index (χ2v) is 7.09. The molecule has 1 saturated carbocycles. The molecular formula is C19H21N5. The third kappa shape index (κ3) is 3.10. The molecule has 5 nitrogen and oxygen atoms in total. The monoisotopic (exact) mass is 319 g/mol. The van der Waals surface area contributed by atoms with E-state index in [-0.39, 0.29) is 0 Å². The van der Waals surface area contributed by atoms with Gasteiger partial charge in [-0.2, -0.15) is 5.26 Å². The highest BCUT2D eigenvalue weighted by Crippen LogP contribution is 2.49. The number of nitrogens with one attached hydrogen (secondary N) is 1. The standard InChI is InChI=1S/C19H21N5/c20-12-15-3-1-4-16(9-15)13-24-8-5-19(14-24)10-17(11-19)23-18-21-6-2-7-22-18/h1-4,6-7,9,17H,5,8,10-11,13-14H2,(H,21,22,23). The fourth-order valence-electron chi connectivity index (χ4n) is 4.14. The minimum absolute atomic E-state index is 0.458. The van der Waals surface area contributed by atoms with Crippen LogP contribution in [0.15, 0.2) is 42.7 Å². The Balaban J connectivity index is 1.30. The van der Waals surface area contributed by atoms with Crippen molar-refractivity contribution in [2.75, 3.05) is 18.4 Å². The zero-order valence-corrected chi connectivity index (χ0v) is 13.7. The van der Waals surface area contributed by atoms with Crippen LogP contribution in [0.5, 0.6) is 0 Å². The van der Waals surface area contributed by atoms with Crippen LogP contribution in [0, 0.1) is 16.7 Å². The molecule has 0 bridgehead atoms. The molecule has 24 heavy (non-hydrogen) atoms. The maximum atomic E-state index is 9.02. The first kappa shape index (κ1) is 15.1. The van der Waals surface area contributed by atoms with Gasteiger partial charge in [0.1, 0.15) is 0 Å². The number of likely N-dealkylation sites (tertiary alicyclic amines) is 1. The van der Waals surface area contributed by atoms with E-state index in [0.717, 1.165) is 31.1 Å². The number of anilines is 1. The molecule has 2 fully saturated rings. The van der Waals surface area contributed by atoms with Crippen molar-refractivity contribution in [3.05, 3.63) is 53.9 Å². The number of nitriles is 1. The lowest BCUT2D eigenvalue weighted by Gasteiger charge is -2.45. The Labute approximate surface area is 142 Å². The zero-order chi connectivity index (χ0) is 16.4. The molecular weight excluding hydrogens is 298 g/mol. The number of aromatic nitrogens is 2. The van der Waals surface area contributed by atoms with E-state index in [1.54, 1.807) is 12.4 Å². The zero-order valence-electron chi connectivity index (χ0n) is 13.7. The predicted molar refractivity (Wildman–Crippen MR) is 92.2 cm³/mol. The van der Waals surface area contributed by atoms with Crippen LogP contribution in [0.1, 0.15) is 30.4 Å². The molecule has 5 heteroatoms. The Morgan fingerprint density at radius 1 is 1.25 bits per heavy atom. The van der Waals surface area contributed by atoms with Gasteiger partial charge in [-0.25, -0.2) is 9.97 Å². The van der Waals surface area contributed by atoms with E-state index in [4.69, 9.17) is 5.26 Å². The minimum atomic E-state index is 0.458. The first-order valence-electron chi connectivity index (χ1n) is 8.50. The summed E-state index contributed by atoms with van der Waals surface area (Å²) >= 11 is 0. The van der Waals surface area contributed by atoms with Crippen LogP contribution < -0.4 is 5.32 Å². The normalized spacial score (nSPS) is 26.0. The summed E-state index contributed by atoms with van der Waals surface area (Å²) in [5.41, 5.74) is 2.44. The number of rotatable bonds is 4. The molecule has 1 aromatic carbocycles. The van der Waals surface area contributed by atoms with Crippen LogP contribution in [-0.2, 0) is 6.54 Å². The van der Waals surface area contributed by atoms with Crippen molar-refractivity contribution in [1.82, 2.24) is 14.9 Å². The highest BCUT2D eigenvalue weighted by Gasteiger charge is 2.48. The summed E-state index contributed by atoms with van der Waals surface area (Å²) < 4.78 is 0. The van der Waals surface area contributed by atoms with Crippen LogP contribution in [0.2, 0.25) is 0 Å². The Kier molecular flexibility index (Phi) is 3.91. The lowest BCUT2D eigenvalue weighted by molar-refractivity contribution is 0.119. The molecule has 0 unspecified atom stereocenters. The first-order chi connectivity index (χ1) is 11.7. The molecule has 1 aliphatic heterocycles. The Morgan fingerprint density at radius 3 is 2.88 bits per heavy atom. The summed E-state index contributed by atoms with van der Waals surface area (Å²) in [5, 5.41) is 12.5. The third-order valence-electron chi connectivity index (χ3n) is 5.24. The van der Waals surface area contributed by atoms with E-state index >= 15 is 0 Å². The van der Waals surface area contributed by atoms with Crippen molar-refractivity contribution in [1.29, 1.82) is 5.26 Å². The van der Waals surface area contributed by atoms with Gasteiger partial charge < -0.3 is 5.32 Å². The van der Waals surface area contributed by atoms with E-state index in [1.807, 2.05) is 24.3 Å². The molecule has 0 atom stereocenters. The smallest absolute Gasteiger partial charge is 0.222 e.